The van der Waals surface area contributed by atoms with Crippen molar-refractivity contribution in [2.75, 3.05) is 5.32 Å². The Hall–Kier alpha value is -2.37. The summed E-state index contributed by atoms with van der Waals surface area (Å²) < 4.78 is 1.85. The first-order chi connectivity index (χ1) is 11.7. The molecule has 126 valence electrons. The predicted molar refractivity (Wildman–Crippen MR) is 91.9 cm³/mol. The summed E-state index contributed by atoms with van der Waals surface area (Å²) in [7, 11) is 1.92. The number of aromatic nitrogens is 3. The largest absolute Gasteiger partial charge is 0.332 e. The molecule has 2 aliphatic rings. The topological polar surface area (TPSA) is 71.8 Å². The third-order valence-corrected chi connectivity index (χ3v) is 5.03. The van der Waals surface area contributed by atoms with Gasteiger partial charge in [0.15, 0.2) is 0 Å². The molecule has 0 bridgehead atoms. The molecule has 0 unspecified atom stereocenters. The summed E-state index contributed by atoms with van der Waals surface area (Å²) in [6.07, 6.45) is 8.15. The molecular weight excluding hydrogens is 302 g/mol. The molecular formula is C18H23N5O. The molecule has 2 saturated carbocycles. The van der Waals surface area contributed by atoms with Gasteiger partial charge in [-0.15, -0.1) is 0 Å². The fourth-order valence-corrected chi connectivity index (χ4v) is 3.07. The number of nitrogens with one attached hydrogen (secondary N) is 2. The zero-order valence-electron chi connectivity index (χ0n) is 14.0. The second-order valence-electron chi connectivity index (χ2n) is 6.87. The van der Waals surface area contributed by atoms with E-state index in [1.165, 1.54) is 37.7 Å². The highest BCUT2D eigenvalue weighted by molar-refractivity contribution is 5.88. The fraction of sp³-hybridized carbons (Fsp3) is 0.500. The Balaban J connectivity index is 1.29. The minimum atomic E-state index is -0.243. The summed E-state index contributed by atoms with van der Waals surface area (Å²) >= 11 is 0. The van der Waals surface area contributed by atoms with E-state index in [1.54, 1.807) is 0 Å². The minimum absolute atomic E-state index is 0.243. The van der Waals surface area contributed by atoms with Gasteiger partial charge in [0.25, 0.3) is 0 Å². The van der Waals surface area contributed by atoms with Crippen LogP contribution in [0.5, 0.6) is 0 Å². The Bertz CT molecular complexity index is 728. The number of anilines is 1. The molecule has 6 nitrogen and oxygen atoms in total. The van der Waals surface area contributed by atoms with Crippen LogP contribution in [0.4, 0.5) is 10.6 Å². The summed E-state index contributed by atoms with van der Waals surface area (Å²) in [6, 6.07) is 5.79. The van der Waals surface area contributed by atoms with E-state index in [1.807, 2.05) is 24.0 Å². The number of urea groups is 1. The van der Waals surface area contributed by atoms with Crippen LogP contribution < -0.4 is 10.6 Å². The van der Waals surface area contributed by atoms with E-state index in [9.17, 15) is 4.79 Å². The van der Waals surface area contributed by atoms with E-state index in [-0.39, 0.29) is 6.03 Å². The standard InChI is InChI=1S/C18H23N5O/c1-23-15(9-16(22-23)13-5-6-13)11-20-18(24)21-17-8-7-14(10-19-17)12-3-2-4-12/h7-10,12-13H,2-6,11H2,1H3,(H2,19,20,21,24). The Morgan fingerprint density at radius 3 is 2.71 bits per heavy atom. The van der Waals surface area contributed by atoms with Crippen molar-refractivity contribution in [3.63, 3.8) is 0 Å². The molecule has 0 aliphatic heterocycles. The van der Waals surface area contributed by atoms with E-state index in [0.717, 1.165) is 11.4 Å². The van der Waals surface area contributed by atoms with Gasteiger partial charge in [-0.05, 0) is 49.3 Å². The highest BCUT2D eigenvalue weighted by atomic mass is 16.2. The van der Waals surface area contributed by atoms with Crippen LogP contribution in [-0.2, 0) is 13.6 Å². The van der Waals surface area contributed by atoms with Crippen LogP contribution >= 0.6 is 0 Å². The molecule has 4 rings (SSSR count). The summed E-state index contributed by atoms with van der Waals surface area (Å²) in [5.74, 6) is 1.86. The van der Waals surface area contributed by atoms with Gasteiger partial charge in [-0.25, -0.2) is 9.78 Å². The van der Waals surface area contributed by atoms with Crippen LogP contribution in [0.1, 0.15) is 60.9 Å². The summed E-state index contributed by atoms with van der Waals surface area (Å²) in [4.78, 5) is 16.4. The fourth-order valence-electron chi connectivity index (χ4n) is 3.07. The number of nitrogens with zero attached hydrogens (tertiary/aromatic N) is 3. The van der Waals surface area contributed by atoms with Gasteiger partial charge in [0.05, 0.1) is 17.9 Å². The van der Waals surface area contributed by atoms with Crippen molar-refractivity contribution in [1.82, 2.24) is 20.1 Å². The molecule has 2 fully saturated rings. The van der Waals surface area contributed by atoms with Crippen molar-refractivity contribution < 1.29 is 4.79 Å². The first-order valence-electron chi connectivity index (χ1n) is 8.72. The molecule has 0 aromatic carbocycles. The van der Waals surface area contributed by atoms with E-state index >= 15 is 0 Å². The number of rotatable bonds is 5. The van der Waals surface area contributed by atoms with Crippen molar-refractivity contribution in [2.45, 2.75) is 50.5 Å². The van der Waals surface area contributed by atoms with Gasteiger partial charge >= 0.3 is 6.03 Å². The molecule has 0 saturated heterocycles. The highest BCUT2D eigenvalue weighted by Gasteiger charge is 2.26. The number of hydrogen-bond acceptors (Lipinski definition) is 3. The van der Waals surface area contributed by atoms with Crippen molar-refractivity contribution in [1.29, 1.82) is 0 Å². The smallest absolute Gasteiger partial charge is 0.320 e. The summed E-state index contributed by atoms with van der Waals surface area (Å²) in [6.45, 7) is 0.461. The zero-order chi connectivity index (χ0) is 16.5. The van der Waals surface area contributed by atoms with Crippen LogP contribution in [0.25, 0.3) is 0 Å². The normalized spacial score (nSPS) is 17.4. The van der Waals surface area contributed by atoms with E-state index in [4.69, 9.17) is 0 Å². The van der Waals surface area contributed by atoms with Crippen molar-refractivity contribution in [2.24, 2.45) is 7.05 Å². The lowest BCUT2D eigenvalue weighted by Crippen LogP contribution is -2.29. The molecule has 2 N–H and O–H groups in total. The molecule has 0 atom stereocenters. The summed E-state index contributed by atoms with van der Waals surface area (Å²) in [5, 5.41) is 10.2. The van der Waals surface area contributed by atoms with Crippen LogP contribution in [-0.4, -0.2) is 20.8 Å². The molecule has 24 heavy (non-hydrogen) atoms. The lowest BCUT2D eigenvalue weighted by molar-refractivity contribution is 0.251. The van der Waals surface area contributed by atoms with Gasteiger partial charge in [0, 0.05) is 19.2 Å². The van der Waals surface area contributed by atoms with Crippen LogP contribution in [0.3, 0.4) is 0 Å². The lowest BCUT2D eigenvalue weighted by atomic mass is 9.81. The second kappa shape index (κ2) is 6.26. The Kier molecular flexibility index (Phi) is 3.96. The maximum absolute atomic E-state index is 12.0. The van der Waals surface area contributed by atoms with Gasteiger partial charge < -0.3 is 5.32 Å². The molecule has 2 aromatic rings. The van der Waals surface area contributed by atoms with Crippen molar-refractivity contribution in [3.05, 3.63) is 41.3 Å². The van der Waals surface area contributed by atoms with E-state index in [0.29, 0.717) is 24.2 Å². The molecule has 0 spiro atoms. The highest BCUT2D eigenvalue weighted by Crippen LogP contribution is 2.39. The number of hydrogen-bond donors (Lipinski definition) is 2. The van der Waals surface area contributed by atoms with Gasteiger partial charge in [0.1, 0.15) is 5.82 Å². The molecule has 6 heteroatoms. The Morgan fingerprint density at radius 2 is 2.08 bits per heavy atom. The van der Waals surface area contributed by atoms with Gasteiger partial charge in [-0.3, -0.25) is 10.00 Å². The maximum Gasteiger partial charge on any atom is 0.320 e. The van der Waals surface area contributed by atoms with Gasteiger partial charge in [-0.1, -0.05) is 12.5 Å². The Labute approximate surface area is 141 Å². The van der Waals surface area contributed by atoms with E-state index < -0.39 is 0 Å². The predicted octanol–water partition coefficient (Wildman–Crippen LogP) is 3.28. The average Bonchev–Trinajstić information content (AvgIpc) is 3.29. The van der Waals surface area contributed by atoms with Crippen LogP contribution in [0.15, 0.2) is 24.4 Å². The van der Waals surface area contributed by atoms with E-state index in [2.05, 4.69) is 32.8 Å². The number of carbonyl (C=O) groups is 1. The monoisotopic (exact) mass is 325 g/mol. The number of amides is 2. The first-order valence-corrected chi connectivity index (χ1v) is 8.72. The SMILES string of the molecule is Cn1nc(C2CC2)cc1CNC(=O)Nc1ccc(C2CCC2)cn1. The number of aryl methyl sites for hydroxylation is 1. The third kappa shape index (κ3) is 3.27. The lowest BCUT2D eigenvalue weighted by Gasteiger charge is -2.25. The number of pyridine rings is 1. The maximum atomic E-state index is 12.0. The second-order valence-corrected chi connectivity index (χ2v) is 6.87. The van der Waals surface area contributed by atoms with Gasteiger partial charge in [-0.2, -0.15) is 5.10 Å². The van der Waals surface area contributed by atoms with Crippen molar-refractivity contribution in [3.8, 4) is 0 Å². The minimum Gasteiger partial charge on any atom is -0.332 e. The first kappa shape index (κ1) is 15.2. The van der Waals surface area contributed by atoms with Crippen molar-refractivity contribution >= 4 is 11.8 Å². The van der Waals surface area contributed by atoms with Gasteiger partial charge in [0.2, 0.25) is 0 Å². The Morgan fingerprint density at radius 1 is 1.25 bits per heavy atom. The summed E-state index contributed by atoms with van der Waals surface area (Å²) in [5.41, 5.74) is 3.43. The third-order valence-electron chi connectivity index (χ3n) is 5.03. The molecule has 2 heterocycles. The zero-order valence-corrected chi connectivity index (χ0v) is 14.0. The quantitative estimate of drug-likeness (QED) is 0.886. The number of carbonyl (C=O) groups excluding carboxylic acids is 1. The van der Waals surface area contributed by atoms with Crippen LogP contribution in [0.2, 0.25) is 0 Å². The molecule has 0 radical (unpaired) electrons. The molecule has 2 amide bonds. The van der Waals surface area contributed by atoms with Crippen LogP contribution in [0, 0.1) is 0 Å². The average molecular weight is 325 g/mol. The molecule has 2 aromatic heterocycles. The molecule has 2 aliphatic carbocycles.